The molecule has 0 aliphatic carbocycles. The topological polar surface area (TPSA) is 24.9 Å². The molecule has 0 spiro atoms. The van der Waals surface area contributed by atoms with Crippen molar-refractivity contribution in [2.75, 3.05) is 12.3 Å². The van der Waals surface area contributed by atoms with E-state index in [0.29, 0.717) is 5.25 Å². The Morgan fingerprint density at radius 1 is 1.41 bits per heavy atom. The van der Waals surface area contributed by atoms with Crippen LogP contribution in [0.5, 0.6) is 0 Å². The van der Waals surface area contributed by atoms with Gasteiger partial charge in [0.2, 0.25) is 0 Å². The van der Waals surface area contributed by atoms with Crippen molar-refractivity contribution in [3.05, 3.63) is 15.6 Å². The highest BCUT2D eigenvalue weighted by Gasteiger charge is 2.22. The molecule has 0 aromatic carbocycles. The molecule has 1 atom stereocenters. The second kappa shape index (κ2) is 6.76. The van der Waals surface area contributed by atoms with E-state index in [0.717, 1.165) is 19.5 Å². The number of hydrogen-bond donors (Lipinski definition) is 1. The maximum atomic E-state index is 4.85. The summed E-state index contributed by atoms with van der Waals surface area (Å²) in [4.78, 5) is 6.31. The van der Waals surface area contributed by atoms with Gasteiger partial charge in [0.25, 0.3) is 0 Å². The first kappa shape index (κ1) is 13.4. The maximum absolute atomic E-state index is 4.85. The average Bonchev–Trinajstić information content (AvgIpc) is 2.97. The third-order valence-electron chi connectivity index (χ3n) is 3.05. The second-order valence-corrected chi connectivity index (χ2v) is 6.88. The van der Waals surface area contributed by atoms with Gasteiger partial charge in [-0.1, -0.05) is 13.8 Å². The molecule has 1 aliphatic heterocycles. The van der Waals surface area contributed by atoms with Gasteiger partial charge in [0, 0.05) is 11.4 Å². The predicted octanol–water partition coefficient (Wildman–Crippen LogP) is 3.77. The summed E-state index contributed by atoms with van der Waals surface area (Å²) in [6.07, 6.45) is 4.95. The fraction of sp³-hybridized carbons (Fsp3) is 0.769. The predicted molar refractivity (Wildman–Crippen MR) is 77.9 cm³/mol. The number of rotatable bonds is 6. The van der Waals surface area contributed by atoms with E-state index < -0.39 is 0 Å². The van der Waals surface area contributed by atoms with Crippen LogP contribution in [0.25, 0.3) is 0 Å². The van der Waals surface area contributed by atoms with Crippen LogP contribution < -0.4 is 5.32 Å². The number of nitrogens with zero attached hydrogens (tertiary/aromatic N) is 1. The molecule has 2 heterocycles. The van der Waals surface area contributed by atoms with E-state index in [-0.39, 0.29) is 0 Å². The van der Waals surface area contributed by atoms with Gasteiger partial charge in [-0.2, -0.15) is 11.8 Å². The van der Waals surface area contributed by atoms with Crippen LogP contribution >= 0.6 is 23.1 Å². The molecule has 1 unspecified atom stereocenters. The van der Waals surface area contributed by atoms with Crippen LogP contribution in [0.3, 0.4) is 0 Å². The third kappa shape index (κ3) is 3.46. The van der Waals surface area contributed by atoms with E-state index in [1.54, 1.807) is 0 Å². The van der Waals surface area contributed by atoms with Gasteiger partial charge in [0.05, 0.1) is 10.9 Å². The molecule has 17 heavy (non-hydrogen) atoms. The zero-order valence-corrected chi connectivity index (χ0v) is 12.4. The molecule has 1 aromatic heterocycles. The van der Waals surface area contributed by atoms with Crippen LogP contribution in [0, 0.1) is 0 Å². The molecule has 1 fully saturated rings. The van der Waals surface area contributed by atoms with Crippen LogP contribution in [0.1, 0.15) is 53.9 Å². The zero-order chi connectivity index (χ0) is 12.1. The van der Waals surface area contributed by atoms with Gasteiger partial charge < -0.3 is 5.32 Å². The highest BCUT2D eigenvalue weighted by Crippen LogP contribution is 2.42. The van der Waals surface area contributed by atoms with E-state index >= 15 is 0 Å². The molecule has 0 radical (unpaired) electrons. The van der Waals surface area contributed by atoms with Crippen LogP contribution in [0.4, 0.5) is 0 Å². The Morgan fingerprint density at radius 3 is 2.94 bits per heavy atom. The van der Waals surface area contributed by atoms with Gasteiger partial charge in [-0.05, 0) is 38.0 Å². The summed E-state index contributed by atoms with van der Waals surface area (Å²) in [5, 5.41) is 5.55. The Morgan fingerprint density at radius 2 is 2.29 bits per heavy atom. The lowest BCUT2D eigenvalue weighted by atomic mass is 10.2. The molecule has 2 nitrogen and oxygen atoms in total. The van der Waals surface area contributed by atoms with E-state index in [2.05, 4.69) is 30.9 Å². The summed E-state index contributed by atoms with van der Waals surface area (Å²) in [5.74, 6) is 1.31. The molecule has 4 heteroatoms. The summed E-state index contributed by atoms with van der Waals surface area (Å²) in [6.45, 7) is 6.53. The Hall–Kier alpha value is -0.0600. The Labute approximate surface area is 113 Å². The lowest BCUT2D eigenvalue weighted by molar-refractivity contribution is 0.676. The molecule has 1 aliphatic rings. The molecule has 1 saturated heterocycles. The zero-order valence-electron chi connectivity index (χ0n) is 10.8. The summed E-state index contributed by atoms with van der Waals surface area (Å²) in [5.41, 5.74) is 1.32. The van der Waals surface area contributed by atoms with Gasteiger partial charge in [-0.15, -0.1) is 11.3 Å². The maximum Gasteiger partial charge on any atom is 0.106 e. The van der Waals surface area contributed by atoms with Gasteiger partial charge in [-0.25, -0.2) is 4.98 Å². The monoisotopic (exact) mass is 270 g/mol. The van der Waals surface area contributed by atoms with E-state index in [1.807, 2.05) is 11.3 Å². The van der Waals surface area contributed by atoms with Crippen LogP contribution in [0.15, 0.2) is 0 Å². The highest BCUT2D eigenvalue weighted by atomic mass is 32.2. The number of aromatic nitrogens is 1. The van der Waals surface area contributed by atoms with Crippen molar-refractivity contribution in [2.24, 2.45) is 0 Å². The highest BCUT2D eigenvalue weighted by molar-refractivity contribution is 7.99. The van der Waals surface area contributed by atoms with Crippen molar-refractivity contribution in [1.29, 1.82) is 0 Å². The molecule has 0 saturated carbocycles. The molecule has 1 aromatic rings. The first-order valence-corrected chi connectivity index (χ1v) is 8.52. The van der Waals surface area contributed by atoms with Gasteiger partial charge >= 0.3 is 0 Å². The van der Waals surface area contributed by atoms with Crippen LogP contribution in [-0.4, -0.2) is 17.3 Å². The van der Waals surface area contributed by atoms with Crippen molar-refractivity contribution in [3.8, 4) is 0 Å². The molecule has 0 bridgehead atoms. The quantitative estimate of drug-likeness (QED) is 0.796. The normalized spacial score (nSPS) is 20.0. The van der Waals surface area contributed by atoms with Crippen LogP contribution in [-0.2, 0) is 13.0 Å². The lowest BCUT2D eigenvalue weighted by Gasteiger charge is -2.02. The first-order chi connectivity index (χ1) is 8.35. The largest absolute Gasteiger partial charge is 0.312 e. The smallest absolute Gasteiger partial charge is 0.106 e. The van der Waals surface area contributed by atoms with Crippen molar-refractivity contribution in [2.45, 2.75) is 51.3 Å². The van der Waals surface area contributed by atoms with Gasteiger partial charge in [-0.3, -0.25) is 0 Å². The van der Waals surface area contributed by atoms with Gasteiger partial charge in [0.15, 0.2) is 0 Å². The van der Waals surface area contributed by atoms with Gasteiger partial charge in [0.1, 0.15) is 5.01 Å². The molecule has 0 amide bonds. The SMILES string of the molecule is CCCNCc1sc(C2CCCS2)nc1CC. The fourth-order valence-electron chi connectivity index (χ4n) is 2.11. The Bertz CT molecular complexity index is 343. The second-order valence-electron chi connectivity index (χ2n) is 4.45. The van der Waals surface area contributed by atoms with Crippen molar-refractivity contribution in [1.82, 2.24) is 10.3 Å². The molecule has 96 valence electrons. The Balaban J connectivity index is 2.03. The summed E-state index contributed by atoms with van der Waals surface area (Å²) >= 11 is 4.02. The molecular formula is C13H22N2S2. The summed E-state index contributed by atoms with van der Waals surface area (Å²) in [6, 6.07) is 0. The van der Waals surface area contributed by atoms with E-state index in [9.17, 15) is 0 Å². The standard InChI is InChI=1S/C13H22N2S2/c1-3-7-14-9-12-10(4-2)15-13(17-12)11-6-5-8-16-11/h11,14H,3-9H2,1-2H3. The number of thioether (sulfide) groups is 1. The Kier molecular flexibility index (Phi) is 5.32. The number of aryl methyl sites for hydroxylation is 1. The summed E-state index contributed by atoms with van der Waals surface area (Å²) in [7, 11) is 0. The van der Waals surface area contributed by atoms with Crippen molar-refractivity contribution in [3.63, 3.8) is 0 Å². The molecular weight excluding hydrogens is 248 g/mol. The average molecular weight is 270 g/mol. The summed E-state index contributed by atoms with van der Waals surface area (Å²) < 4.78 is 0. The number of nitrogens with one attached hydrogen (secondary N) is 1. The van der Waals surface area contributed by atoms with Crippen molar-refractivity contribution < 1.29 is 0 Å². The van der Waals surface area contributed by atoms with E-state index in [4.69, 9.17) is 4.98 Å². The lowest BCUT2D eigenvalue weighted by Crippen LogP contribution is -2.13. The molecule has 2 rings (SSSR count). The minimum absolute atomic E-state index is 0.685. The third-order valence-corrected chi connectivity index (χ3v) is 5.79. The van der Waals surface area contributed by atoms with E-state index in [1.165, 1.54) is 40.6 Å². The minimum Gasteiger partial charge on any atom is -0.312 e. The first-order valence-electron chi connectivity index (χ1n) is 6.66. The van der Waals surface area contributed by atoms with Crippen molar-refractivity contribution >= 4 is 23.1 Å². The number of thiazole rings is 1. The van der Waals surface area contributed by atoms with Crippen LogP contribution in [0.2, 0.25) is 0 Å². The molecule has 1 N–H and O–H groups in total. The fourth-order valence-corrected chi connectivity index (χ4v) is 4.74. The number of hydrogen-bond acceptors (Lipinski definition) is 4. The minimum atomic E-state index is 0.685.